The van der Waals surface area contributed by atoms with Gasteiger partial charge in [0.05, 0.1) is 24.4 Å². The van der Waals surface area contributed by atoms with Gasteiger partial charge in [0.1, 0.15) is 0 Å². The van der Waals surface area contributed by atoms with Gasteiger partial charge in [0.15, 0.2) is 0 Å². The smallest absolute Gasteiger partial charge is 0.0578 e. The van der Waals surface area contributed by atoms with Crippen molar-refractivity contribution in [1.82, 2.24) is 0 Å². The first-order valence-electron chi connectivity index (χ1n) is 14.2. The lowest BCUT2D eigenvalue weighted by Crippen LogP contribution is -2.23. The Bertz CT molecular complexity index is 388. The Kier molecular flexibility index (Phi) is 14.4. The highest BCUT2D eigenvalue weighted by Gasteiger charge is 2.34. The van der Waals surface area contributed by atoms with E-state index in [1.807, 2.05) is 0 Å². The molecule has 2 aliphatic carbocycles. The molecule has 0 spiro atoms. The molecule has 0 aromatic rings. The van der Waals surface area contributed by atoms with Crippen LogP contribution >= 0.6 is 0 Å². The Morgan fingerprint density at radius 3 is 1.26 bits per heavy atom. The molecular weight excluding hydrogens is 384 g/mol. The molecule has 0 aromatic heterocycles. The first-order chi connectivity index (χ1) is 15.1. The van der Waals surface area contributed by atoms with Crippen molar-refractivity contribution >= 4 is 0 Å². The van der Waals surface area contributed by atoms with Gasteiger partial charge in [-0.15, -0.1) is 0 Å². The lowest BCUT2D eigenvalue weighted by Gasteiger charge is -2.26. The van der Waals surface area contributed by atoms with Crippen molar-refractivity contribution in [3.05, 3.63) is 0 Å². The van der Waals surface area contributed by atoms with Crippen LogP contribution in [0.4, 0.5) is 0 Å². The van der Waals surface area contributed by atoms with Gasteiger partial charge >= 0.3 is 0 Å². The molecule has 0 heterocycles. The highest BCUT2D eigenvalue weighted by molar-refractivity contribution is 4.85. The Balaban J connectivity index is 1.66. The van der Waals surface area contributed by atoms with Crippen LogP contribution < -0.4 is 0 Å². The molecule has 0 aliphatic heterocycles. The van der Waals surface area contributed by atoms with Gasteiger partial charge in [0.2, 0.25) is 0 Å². The lowest BCUT2D eigenvalue weighted by molar-refractivity contribution is -0.0324. The topological polar surface area (TPSA) is 49.7 Å². The summed E-state index contributed by atoms with van der Waals surface area (Å²) in [5, 5.41) is 19.0. The quantitative estimate of drug-likeness (QED) is 0.171. The maximum atomic E-state index is 9.49. The number of rotatable bonds is 22. The summed E-state index contributed by atoms with van der Waals surface area (Å²) in [4.78, 5) is 0. The van der Waals surface area contributed by atoms with Crippen molar-refractivity contribution in [2.75, 3.05) is 0 Å². The zero-order valence-corrected chi connectivity index (χ0v) is 20.9. The monoisotopic (exact) mass is 438 g/mol. The fraction of sp³-hybridized carbons (Fsp3) is 1.00. The molecule has 0 radical (unpaired) electrons. The second-order valence-corrected chi connectivity index (χ2v) is 10.8. The molecule has 2 aliphatic rings. The van der Waals surface area contributed by atoms with Gasteiger partial charge in [-0.3, -0.25) is 0 Å². The third-order valence-corrected chi connectivity index (χ3v) is 7.62. The summed E-state index contributed by atoms with van der Waals surface area (Å²) in [7, 11) is 0. The van der Waals surface area contributed by atoms with Crippen LogP contribution in [0.25, 0.3) is 0 Å². The van der Waals surface area contributed by atoms with E-state index in [-0.39, 0.29) is 12.2 Å². The van der Waals surface area contributed by atoms with E-state index >= 15 is 0 Å². The Morgan fingerprint density at radius 1 is 0.581 bits per heavy atom. The normalized spacial score (nSPS) is 26.7. The van der Waals surface area contributed by atoms with Crippen molar-refractivity contribution in [2.24, 2.45) is 11.8 Å². The molecule has 2 fully saturated rings. The molecule has 2 N–H and O–H groups in total. The van der Waals surface area contributed by atoms with Gasteiger partial charge < -0.3 is 14.9 Å². The average molecular weight is 439 g/mol. The van der Waals surface area contributed by atoms with E-state index in [0.717, 1.165) is 12.8 Å². The molecular formula is C28H54O3. The Morgan fingerprint density at radius 2 is 0.935 bits per heavy atom. The van der Waals surface area contributed by atoms with Crippen LogP contribution in [-0.2, 0) is 4.74 Å². The molecule has 0 bridgehead atoms. The van der Waals surface area contributed by atoms with Crippen LogP contribution in [0.15, 0.2) is 0 Å². The van der Waals surface area contributed by atoms with Crippen LogP contribution in [0.1, 0.15) is 142 Å². The van der Waals surface area contributed by atoms with Gasteiger partial charge in [-0.2, -0.15) is 0 Å². The van der Waals surface area contributed by atoms with E-state index < -0.39 is 0 Å². The van der Waals surface area contributed by atoms with Gasteiger partial charge in [0.25, 0.3) is 0 Å². The highest BCUT2D eigenvalue weighted by Crippen LogP contribution is 2.36. The number of unbranched alkanes of at least 4 members (excludes halogenated alkanes) is 8. The van der Waals surface area contributed by atoms with E-state index in [0.29, 0.717) is 24.0 Å². The SMILES string of the molecule is CCCCCC(CCCCCC1CC1O)OC(CCCCC)CCCCCC1CC1O. The zero-order valence-electron chi connectivity index (χ0n) is 20.9. The fourth-order valence-electron chi connectivity index (χ4n) is 5.07. The van der Waals surface area contributed by atoms with E-state index in [4.69, 9.17) is 4.74 Å². The molecule has 2 saturated carbocycles. The zero-order chi connectivity index (χ0) is 22.3. The van der Waals surface area contributed by atoms with Crippen molar-refractivity contribution < 1.29 is 14.9 Å². The molecule has 31 heavy (non-hydrogen) atoms. The van der Waals surface area contributed by atoms with Crippen LogP contribution in [0.3, 0.4) is 0 Å². The number of aliphatic hydroxyl groups is 2. The predicted octanol–water partition coefficient (Wildman–Crippen LogP) is 7.56. The van der Waals surface area contributed by atoms with Gasteiger partial charge in [0, 0.05) is 0 Å². The van der Waals surface area contributed by atoms with Crippen LogP contribution in [0, 0.1) is 11.8 Å². The Hall–Kier alpha value is -0.120. The summed E-state index contributed by atoms with van der Waals surface area (Å²) in [6.07, 6.45) is 25.9. The first-order valence-corrected chi connectivity index (χ1v) is 14.2. The first kappa shape index (κ1) is 27.1. The standard InChI is InChI=1S/C28H54O3/c1-3-5-9-17-25(19-13-7-11-15-23-21-27(23)29)31-26(18-10-6-4-2)20-14-8-12-16-24-22-28(24)30/h23-30H,3-22H2,1-2H3. The average Bonchev–Trinajstić information content (AvgIpc) is 3.65. The molecule has 6 unspecified atom stereocenters. The number of aliphatic hydroxyl groups excluding tert-OH is 2. The van der Waals surface area contributed by atoms with Gasteiger partial charge in [-0.05, 0) is 63.2 Å². The number of ether oxygens (including phenoxy) is 1. The molecule has 0 amide bonds. The summed E-state index contributed by atoms with van der Waals surface area (Å²) >= 11 is 0. The van der Waals surface area contributed by atoms with Gasteiger partial charge in [-0.25, -0.2) is 0 Å². The lowest BCUT2D eigenvalue weighted by atomic mass is 10.0. The van der Waals surface area contributed by atoms with Crippen molar-refractivity contribution in [1.29, 1.82) is 0 Å². The van der Waals surface area contributed by atoms with Crippen molar-refractivity contribution in [2.45, 2.75) is 167 Å². The fourth-order valence-corrected chi connectivity index (χ4v) is 5.07. The van der Waals surface area contributed by atoms with Crippen molar-refractivity contribution in [3.63, 3.8) is 0 Å². The third kappa shape index (κ3) is 13.2. The largest absolute Gasteiger partial charge is 0.393 e. The van der Waals surface area contributed by atoms with E-state index in [1.165, 1.54) is 116 Å². The van der Waals surface area contributed by atoms with E-state index in [2.05, 4.69) is 13.8 Å². The van der Waals surface area contributed by atoms with Crippen LogP contribution in [0.2, 0.25) is 0 Å². The van der Waals surface area contributed by atoms with Gasteiger partial charge in [-0.1, -0.05) is 90.9 Å². The second kappa shape index (κ2) is 16.5. The Labute approximate surface area is 193 Å². The molecule has 2 rings (SSSR count). The minimum absolute atomic E-state index is 0.0170. The summed E-state index contributed by atoms with van der Waals surface area (Å²) in [6, 6.07) is 0. The number of hydrogen-bond donors (Lipinski definition) is 2. The molecule has 184 valence electrons. The molecule has 3 nitrogen and oxygen atoms in total. The molecule has 6 atom stereocenters. The second-order valence-electron chi connectivity index (χ2n) is 10.8. The van der Waals surface area contributed by atoms with Crippen molar-refractivity contribution in [3.8, 4) is 0 Å². The maximum Gasteiger partial charge on any atom is 0.0578 e. The maximum absolute atomic E-state index is 9.49. The summed E-state index contributed by atoms with van der Waals surface area (Å²) in [6.45, 7) is 4.58. The van der Waals surface area contributed by atoms with E-state index in [9.17, 15) is 10.2 Å². The summed E-state index contributed by atoms with van der Waals surface area (Å²) in [5.74, 6) is 1.23. The van der Waals surface area contributed by atoms with Crippen LogP contribution in [-0.4, -0.2) is 34.6 Å². The minimum atomic E-state index is 0.0170. The highest BCUT2D eigenvalue weighted by atomic mass is 16.5. The predicted molar refractivity (Wildman–Crippen MR) is 131 cm³/mol. The number of hydrogen-bond acceptors (Lipinski definition) is 3. The third-order valence-electron chi connectivity index (χ3n) is 7.62. The minimum Gasteiger partial charge on any atom is -0.393 e. The van der Waals surface area contributed by atoms with Crippen LogP contribution in [0.5, 0.6) is 0 Å². The molecule has 0 aromatic carbocycles. The molecule has 3 heteroatoms. The summed E-state index contributed by atoms with van der Waals surface area (Å²) in [5.41, 5.74) is 0. The van der Waals surface area contributed by atoms with E-state index in [1.54, 1.807) is 0 Å². The molecule has 0 saturated heterocycles. The summed E-state index contributed by atoms with van der Waals surface area (Å²) < 4.78 is 6.78.